The van der Waals surface area contributed by atoms with E-state index in [2.05, 4.69) is 31.4 Å². The summed E-state index contributed by atoms with van der Waals surface area (Å²) in [5, 5.41) is 20.6. The summed E-state index contributed by atoms with van der Waals surface area (Å²) in [4.78, 5) is 22.1. The first-order chi connectivity index (χ1) is 9.45. The molecule has 0 atom stereocenters. The molecule has 0 aliphatic heterocycles. The van der Waals surface area contributed by atoms with Gasteiger partial charge < -0.3 is 5.32 Å². The number of anilines is 1. The molecule has 0 aliphatic rings. The van der Waals surface area contributed by atoms with Crippen molar-refractivity contribution in [2.24, 2.45) is 0 Å². The first-order valence-electron chi connectivity index (χ1n) is 5.21. The topological polar surface area (TPSA) is 98.0 Å². The lowest BCUT2D eigenvalue weighted by Crippen LogP contribution is -2.13. The number of carbonyl (C=O) groups excluding carboxylic acids is 1. The van der Waals surface area contributed by atoms with E-state index in [0.717, 1.165) is 0 Å². The molecule has 9 heteroatoms. The minimum atomic E-state index is -0.580. The van der Waals surface area contributed by atoms with Gasteiger partial charge in [0.1, 0.15) is 0 Å². The molecule has 1 heterocycles. The number of nitrogens with one attached hydrogen (secondary N) is 1. The highest BCUT2D eigenvalue weighted by Crippen LogP contribution is 2.22. The maximum atomic E-state index is 12.0. The smallest absolute Gasteiger partial charge is 0.271 e. The van der Waals surface area contributed by atoms with Crippen molar-refractivity contribution in [2.75, 3.05) is 5.32 Å². The van der Waals surface area contributed by atoms with E-state index in [4.69, 9.17) is 11.6 Å². The van der Waals surface area contributed by atoms with Crippen LogP contribution in [0.1, 0.15) is 10.4 Å². The Morgan fingerprint density at radius 1 is 1.30 bits per heavy atom. The molecule has 0 spiro atoms. The van der Waals surface area contributed by atoms with Gasteiger partial charge in [-0.15, -0.1) is 10.2 Å². The summed E-state index contributed by atoms with van der Waals surface area (Å²) in [6, 6.07) is 6.88. The summed E-state index contributed by atoms with van der Waals surface area (Å²) in [6.07, 6.45) is 0. The zero-order chi connectivity index (χ0) is 14.7. The largest absolute Gasteiger partial charge is 0.305 e. The van der Waals surface area contributed by atoms with Crippen LogP contribution in [0.5, 0.6) is 0 Å². The summed E-state index contributed by atoms with van der Waals surface area (Å²) >= 11 is 8.69. The van der Waals surface area contributed by atoms with E-state index in [0.29, 0.717) is 4.47 Å². The van der Waals surface area contributed by atoms with Crippen molar-refractivity contribution in [3.63, 3.8) is 0 Å². The molecule has 2 rings (SSSR count). The molecule has 1 aromatic carbocycles. The van der Waals surface area contributed by atoms with Gasteiger partial charge >= 0.3 is 0 Å². The summed E-state index contributed by atoms with van der Waals surface area (Å²) < 4.78 is 0.430. The fourth-order valence-corrected chi connectivity index (χ4v) is 1.96. The van der Waals surface area contributed by atoms with Gasteiger partial charge in [0.2, 0.25) is 0 Å². The lowest BCUT2D eigenvalue weighted by molar-refractivity contribution is -0.384. The van der Waals surface area contributed by atoms with Crippen LogP contribution in [0.3, 0.4) is 0 Å². The number of amides is 1. The van der Waals surface area contributed by atoms with Crippen LogP contribution >= 0.6 is 27.5 Å². The summed E-state index contributed by atoms with van der Waals surface area (Å²) in [6.45, 7) is 0. The van der Waals surface area contributed by atoms with E-state index in [1.54, 1.807) is 0 Å². The van der Waals surface area contributed by atoms with Crippen molar-refractivity contribution in [1.82, 2.24) is 10.2 Å². The van der Waals surface area contributed by atoms with Crippen LogP contribution in [0.2, 0.25) is 5.15 Å². The molecule has 1 amide bonds. The van der Waals surface area contributed by atoms with Crippen LogP contribution in [0.4, 0.5) is 11.5 Å². The molecular weight excluding hydrogens is 352 g/mol. The number of rotatable bonds is 3. The summed E-state index contributed by atoms with van der Waals surface area (Å²) in [7, 11) is 0. The Morgan fingerprint density at radius 3 is 2.65 bits per heavy atom. The lowest BCUT2D eigenvalue weighted by Gasteiger charge is -2.04. The third-order valence-electron chi connectivity index (χ3n) is 2.23. The highest BCUT2D eigenvalue weighted by Gasteiger charge is 2.14. The fraction of sp³-hybridized carbons (Fsp3) is 0. The molecule has 0 aliphatic carbocycles. The van der Waals surface area contributed by atoms with E-state index < -0.39 is 10.8 Å². The van der Waals surface area contributed by atoms with Gasteiger partial charge in [0.15, 0.2) is 11.0 Å². The van der Waals surface area contributed by atoms with Crippen molar-refractivity contribution < 1.29 is 9.72 Å². The Balaban J connectivity index is 2.25. The molecule has 2 aromatic rings. The number of non-ortho nitro benzene ring substituents is 1. The molecule has 0 radical (unpaired) electrons. The molecule has 0 fully saturated rings. The molecule has 1 N–H and O–H groups in total. The summed E-state index contributed by atoms with van der Waals surface area (Å²) in [5.74, 6) is -0.340. The highest BCUT2D eigenvalue weighted by molar-refractivity contribution is 9.10. The average molecular weight is 358 g/mol. The van der Waals surface area contributed by atoms with Gasteiger partial charge in [-0.2, -0.15) is 0 Å². The molecule has 20 heavy (non-hydrogen) atoms. The quantitative estimate of drug-likeness (QED) is 0.672. The van der Waals surface area contributed by atoms with E-state index in [9.17, 15) is 14.9 Å². The van der Waals surface area contributed by atoms with Crippen molar-refractivity contribution in [2.45, 2.75) is 0 Å². The predicted octanol–water partition coefficient (Wildman–Crippen LogP) is 3.05. The fourth-order valence-electron chi connectivity index (χ4n) is 1.38. The molecule has 1 aromatic heterocycles. The Bertz CT molecular complexity index is 678. The third-order valence-corrected chi connectivity index (χ3v) is 2.89. The zero-order valence-electron chi connectivity index (χ0n) is 9.71. The van der Waals surface area contributed by atoms with E-state index in [-0.39, 0.29) is 22.2 Å². The van der Waals surface area contributed by atoms with Crippen LogP contribution < -0.4 is 5.32 Å². The molecule has 102 valence electrons. The van der Waals surface area contributed by atoms with Crippen LogP contribution in [-0.2, 0) is 0 Å². The van der Waals surface area contributed by atoms with Crippen LogP contribution in [0.15, 0.2) is 34.8 Å². The summed E-state index contributed by atoms with van der Waals surface area (Å²) in [5.41, 5.74) is -0.0606. The number of benzene rings is 1. The highest BCUT2D eigenvalue weighted by atomic mass is 79.9. The number of nitrogens with zero attached hydrogens (tertiary/aromatic N) is 3. The molecular formula is C11H6BrClN4O3. The normalized spacial score (nSPS) is 10.1. The van der Waals surface area contributed by atoms with E-state index in [1.807, 2.05) is 0 Å². The first-order valence-corrected chi connectivity index (χ1v) is 6.38. The van der Waals surface area contributed by atoms with Gasteiger partial charge in [-0.25, -0.2) is 0 Å². The van der Waals surface area contributed by atoms with Gasteiger partial charge in [-0.05, 0) is 18.2 Å². The second-order valence-corrected chi connectivity index (χ2v) is 4.95. The molecule has 0 unspecified atom stereocenters. The Morgan fingerprint density at radius 2 is 2.05 bits per heavy atom. The second-order valence-electron chi connectivity index (χ2n) is 3.65. The van der Waals surface area contributed by atoms with E-state index >= 15 is 0 Å². The number of carbonyl (C=O) groups is 1. The molecule has 0 saturated heterocycles. The van der Waals surface area contributed by atoms with Crippen molar-refractivity contribution in [3.8, 4) is 0 Å². The number of hydrogen-bond donors (Lipinski definition) is 1. The van der Waals surface area contributed by atoms with Crippen molar-refractivity contribution >= 4 is 44.9 Å². The van der Waals surface area contributed by atoms with Crippen molar-refractivity contribution in [1.29, 1.82) is 0 Å². The number of nitro groups is 1. The lowest BCUT2D eigenvalue weighted by atomic mass is 10.2. The van der Waals surface area contributed by atoms with Gasteiger partial charge in [-0.1, -0.05) is 27.5 Å². The van der Waals surface area contributed by atoms with Gasteiger partial charge in [0.05, 0.1) is 4.92 Å². The SMILES string of the molecule is O=C(Nc1ccc(Cl)nn1)c1cc(Br)cc([N+](=O)[O-])c1. The van der Waals surface area contributed by atoms with Crippen LogP contribution in [-0.4, -0.2) is 21.0 Å². The number of aromatic nitrogens is 2. The molecule has 7 nitrogen and oxygen atoms in total. The Hall–Kier alpha value is -2.06. The van der Waals surface area contributed by atoms with Gasteiger partial charge in [-0.3, -0.25) is 14.9 Å². The van der Waals surface area contributed by atoms with Gasteiger partial charge in [0, 0.05) is 22.2 Å². The molecule has 0 saturated carbocycles. The number of halogens is 2. The first kappa shape index (κ1) is 14.4. The minimum Gasteiger partial charge on any atom is -0.305 e. The maximum Gasteiger partial charge on any atom is 0.271 e. The van der Waals surface area contributed by atoms with Crippen molar-refractivity contribution in [3.05, 3.63) is 55.6 Å². The monoisotopic (exact) mass is 356 g/mol. The number of nitro benzene ring substituents is 1. The second kappa shape index (κ2) is 5.93. The zero-order valence-corrected chi connectivity index (χ0v) is 12.1. The Kier molecular flexibility index (Phi) is 4.26. The average Bonchev–Trinajstić information content (AvgIpc) is 2.40. The van der Waals surface area contributed by atoms with Crippen LogP contribution in [0.25, 0.3) is 0 Å². The van der Waals surface area contributed by atoms with Gasteiger partial charge in [0.25, 0.3) is 11.6 Å². The predicted molar refractivity (Wildman–Crippen MR) is 75.8 cm³/mol. The number of hydrogen-bond acceptors (Lipinski definition) is 5. The Labute approximate surface area is 126 Å². The maximum absolute atomic E-state index is 12.0. The molecule has 0 bridgehead atoms. The third kappa shape index (κ3) is 3.49. The standard InChI is InChI=1S/C11H6BrClN4O3/c12-7-3-6(4-8(5-7)17(19)20)11(18)14-10-2-1-9(13)15-16-10/h1-5H,(H,14,16,18). The van der Waals surface area contributed by atoms with Crippen LogP contribution in [0, 0.1) is 10.1 Å². The minimum absolute atomic E-state index is 0.128. The van der Waals surface area contributed by atoms with E-state index in [1.165, 1.54) is 30.3 Å².